The second-order valence-electron chi connectivity index (χ2n) is 28.7. The molecule has 0 radical (unpaired) electrons. The van der Waals surface area contributed by atoms with Crippen LogP contribution in [0.3, 0.4) is 0 Å². The van der Waals surface area contributed by atoms with Gasteiger partial charge in [-0.2, -0.15) is 0 Å². The summed E-state index contributed by atoms with van der Waals surface area (Å²) in [7, 11) is 5.60. The molecule has 4 bridgehead atoms. The zero-order chi connectivity index (χ0) is 75.3. The summed E-state index contributed by atoms with van der Waals surface area (Å²) in [6.45, 7) is 16.6. The van der Waals surface area contributed by atoms with Crippen LogP contribution in [0.5, 0.6) is 11.5 Å². The summed E-state index contributed by atoms with van der Waals surface area (Å²) in [5.74, 6) is -9.30. The number of aliphatic hydroxyl groups is 4. The number of methoxy groups -OCH3 is 1. The van der Waals surface area contributed by atoms with Crippen LogP contribution in [0.2, 0.25) is 0 Å². The summed E-state index contributed by atoms with van der Waals surface area (Å²) in [5.41, 5.74) is 4.61. The van der Waals surface area contributed by atoms with E-state index in [9.17, 15) is 63.9 Å². The summed E-state index contributed by atoms with van der Waals surface area (Å²) in [6, 6.07) is 7.54. The van der Waals surface area contributed by atoms with Gasteiger partial charge in [-0.15, -0.1) is 0 Å². The average molecular weight is 1430 g/mol. The van der Waals surface area contributed by atoms with Crippen LogP contribution in [-0.2, 0) is 44.8 Å². The van der Waals surface area contributed by atoms with Crippen molar-refractivity contribution < 1.29 is 82.2 Å². The van der Waals surface area contributed by atoms with Crippen LogP contribution in [0.15, 0.2) is 98.7 Å². The largest absolute Gasteiger partial charge is 0.507 e. The van der Waals surface area contributed by atoms with Gasteiger partial charge in [-0.05, 0) is 63.7 Å². The van der Waals surface area contributed by atoms with Gasteiger partial charge in [0.15, 0.2) is 22.4 Å². The minimum atomic E-state index is -2.03. The number of allylic oxidation sites excluding steroid dienone is 2. The number of ether oxygens (including phenoxy) is 3. The van der Waals surface area contributed by atoms with Crippen molar-refractivity contribution in [1.82, 2.24) is 25.8 Å². The van der Waals surface area contributed by atoms with Crippen molar-refractivity contribution >= 4 is 97.3 Å². The SMILES string of the molecule is CO[C@H]1/C=C/O[C@@]2(C)Oc3c(C)c(O)c4c(=O)c(c5oc6cc(N7CC[C@@H]([N+](C)(C)Cc8ccc(NC(=O)[C@H](CCCNC(N)=O)NC(=O)[C@@H](NC(=O)CCCCCN9C(=O)C=CC9=O)C(C)C)cc8)C7)cc(=O)c6nc5c4c3=C2O)NC(=O)/C(C)=C\C=C\[C@H](C)[C@H](O)[C@@H](C)[C@@H](O)[C@@H](C)[C@H](O)[C@@H]1C. The van der Waals surface area contributed by atoms with Gasteiger partial charge in [-0.3, -0.25) is 43.3 Å². The molecule has 12 atom stereocenters. The molecule has 28 heteroatoms. The van der Waals surface area contributed by atoms with Gasteiger partial charge in [-0.25, -0.2) is 9.78 Å². The predicted molar refractivity (Wildman–Crippen MR) is 387 cm³/mol. The van der Waals surface area contributed by atoms with Crippen molar-refractivity contribution in [2.24, 2.45) is 35.3 Å². The van der Waals surface area contributed by atoms with Crippen LogP contribution >= 0.6 is 0 Å². The Kier molecular flexibility index (Phi) is 24.3. The molecule has 12 N–H and O–H groups in total. The van der Waals surface area contributed by atoms with E-state index in [2.05, 4.69) is 40.7 Å². The second kappa shape index (κ2) is 32.3. The number of nitrogens with one attached hydrogen (secondary N) is 5. The first-order valence-corrected chi connectivity index (χ1v) is 34.9. The van der Waals surface area contributed by atoms with Crippen LogP contribution in [0.1, 0.15) is 111 Å². The maximum Gasteiger partial charge on any atom is 0.312 e. The fourth-order valence-electron chi connectivity index (χ4n) is 13.9. The molecule has 9 rings (SSSR count). The number of nitrogens with two attached hydrogens (primary N) is 1. The number of hydrogen-bond acceptors (Lipinski definition) is 20. The second-order valence-corrected chi connectivity index (χ2v) is 28.7. The highest BCUT2D eigenvalue weighted by Gasteiger charge is 2.45. The number of amides is 8. The molecule has 554 valence electrons. The molecule has 5 aromatic rings. The molecule has 0 unspecified atom stereocenters. The van der Waals surface area contributed by atoms with E-state index >= 15 is 4.79 Å². The Balaban J connectivity index is 0.953. The lowest BCUT2D eigenvalue weighted by molar-refractivity contribution is -0.925. The Morgan fingerprint density at radius 1 is 0.854 bits per heavy atom. The zero-order valence-corrected chi connectivity index (χ0v) is 60.3. The summed E-state index contributed by atoms with van der Waals surface area (Å²) in [4.78, 5) is 128. The summed E-state index contributed by atoms with van der Waals surface area (Å²) in [6.07, 6.45) is 8.29. The van der Waals surface area contributed by atoms with E-state index in [-0.39, 0.29) is 117 Å². The smallest absolute Gasteiger partial charge is 0.312 e. The fraction of sp³-hybridized carbons (Fsp3) is 0.493. The van der Waals surface area contributed by atoms with Crippen molar-refractivity contribution in [3.8, 4) is 11.5 Å². The van der Waals surface area contributed by atoms with E-state index in [4.69, 9.17) is 29.3 Å². The number of imide groups is 1. The summed E-state index contributed by atoms with van der Waals surface area (Å²) in [5, 5.41) is 71.9. The lowest BCUT2D eigenvalue weighted by Crippen LogP contribution is -2.54. The van der Waals surface area contributed by atoms with Gasteiger partial charge in [0.1, 0.15) is 47.4 Å². The third-order valence-corrected chi connectivity index (χ3v) is 20.5. The Bertz CT molecular complexity index is 4400. The first-order valence-electron chi connectivity index (χ1n) is 34.9. The van der Waals surface area contributed by atoms with E-state index < -0.39 is 118 Å². The summed E-state index contributed by atoms with van der Waals surface area (Å²) >= 11 is 0. The van der Waals surface area contributed by atoms with Gasteiger partial charge in [0, 0.05) is 128 Å². The lowest BCUT2D eigenvalue weighted by Gasteiger charge is -2.36. The van der Waals surface area contributed by atoms with Crippen molar-refractivity contribution in [2.45, 2.75) is 162 Å². The highest BCUT2D eigenvalue weighted by molar-refractivity contribution is 6.17. The van der Waals surface area contributed by atoms with Crippen molar-refractivity contribution in [2.75, 3.05) is 62.9 Å². The molecule has 0 aliphatic carbocycles. The highest BCUT2D eigenvalue weighted by atomic mass is 16.7. The molecule has 103 heavy (non-hydrogen) atoms. The lowest BCUT2D eigenvalue weighted by atomic mass is 9.78. The van der Waals surface area contributed by atoms with E-state index in [1.54, 1.807) is 71.9 Å². The van der Waals surface area contributed by atoms with Gasteiger partial charge in [-0.1, -0.05) is 78.3 Å². The summed E-state index contributed by atoms with van der Waals surface area (Å²) < 4.78 is 25.3. The number of aromatic nitrogens is 1. The minimum Gasteiger partial charge on any atom is -0.507 e. The zero-order valence-electron chi connectivity index (χ0n) is 60.3. The van der Waals surface area contributed by atoms with E-state index in [1.165, 1.54) is 64.5 Å². The molecule has 5 heterocycles. The number of benzene rings is 4. The Morgan fingerprint density at radius 3 is 2.20 bits per heavy atom. The van der Waals surface area contributed by atoms with Crippen LogP contribution in [0, 0.1) is 36.5 Å². The highest BCUT2D eigenvalue weighted by Crippen LogP contribution is 2.43. The minimum absolute atomic E-state index is 0.0163. The van der Waals surface area contributed by atoms with Gasteiger partial charge in [0.05, 0.1) is 61.9 Å². The van der Waals surface area contributed by atoms with Gasteiger partial charge < -0.3 is 85.9 Å². The van der Waals surface area contributed by atoms with Crippen LogP contribution in [0.4, 0.5) is 21.9 Å². The van der Waals surface area contributed by atoms with Crippen molar-refractivity contribution in [3.05, 3.63) is 121 Å². The molecule has 4 aliphatic heterocycles. The first kappa shape index (κ1) is 77.4. The Morgan fingerprint density at radius 2 is 1.53 bits per heavy atom. The standard InChI is InChI=1S/C75H96N10O18/c1-38(2)59(80-53(87)21-14-13-15-31-84-54(88)26-27-55(84)89)73(98)79-49(20-17-30-77-74(76)99)72(97)78-46-24-22-45(23-25-46)37-85(10,11)48-28-32-83(36-48)47-34-50(86)60-52(35-47)102-69-61(81-60)56-57-66(93)44(8)68-58(56)70(95)75(9,103-68)101-33-29-51(100-12)41(5)64(91)43(7)65(92)42(6)63(90)39(3)18-16-19-40(4)71(96)82-62(69)67(57)94/h16,18-19,22-27,29,33-35,38-39,41-43,48-49,51,59,63-65,90-92H,13-15,17,20-21,28,30-32,36-37H2,1-12H3,(H8-,76,77,78,79,80,81,82,86,87,88,89,93,94,95,96,97,98,99)/p+1/b18-16+,33-29+,40-19-/t39-,41+,42+,43-,48+,49-,51-,59-,63-,64+,65+,75-/m0/s1. The quantitative estimate of drug-likeness (QED) is 0.0145. The number of anilines is 3. The van der Waals surface area contributed by atoms with E-state index in [0.29, 0.717) is 61.2 Å². The number of phenolic OH excluding ortho intramolecular Hbond substituents is 1. The third-order valence-electron chi connectivity index (χ3n) is 20.5. The average Bonchev–Trinajstić information content (AvgIpc) is 1.66. The predicted octanol–water partition coefficient (Wildman–Crippen LogP) is 5.34. The number of rotatable bonds is 21. The first-order chi connectivity index (χ1) is 48.7. The van der Waals surface area contributed by atoms with Crippen LogP contribution in [0.25, 0.3) is 38.7 Å². The fourth-order valence-corrected chi connectivity index (χ4v) is 13.9. The molecule has 0 spiro atoms. The maximum absolute atomic E-state index is 15.2. The Hall–Kier alpha value is -9.74. The van der Waals surface area contributed by atoms with Crippen LogP contribution < -0.4 is 58.0 Å². The van der Waals surface area contributed by atoms with Crippen LogP contribution in [-0.4, -0.2) is 177 Å². The number of fused-ring (bicyclic) bond motifs is 2. The number of quaternary nitrogens is 1. The molecular weight excluding hydrogens is 1330 g/mol. The molecule has 28 nitrogen and oxygen atoms in total. The molecule has 8 amide bonds. The van der Waals surface area contributed by atoms with Crippen molar-refractivity contribution in [3.63, 3.8) is 0 Å². The number of phenols is 1. The van der Waals surface area contributed by atoms with E-state index in [1.807, 2.05) is 17.0 Å². The number of likely N-dealkylation sites (N-methyl/N-ethyl adjacent to an activating group) is 1. The molecule has 4 aromatic carbocycles. The van der Waals surface area contributed by atoms with Gasteiger partial charge in [0.25, 0.3) is 17.7 Å². The topological polar surface area (TPSA) is 401 Å². The number of aliphatic hydroxyl groups excluding tert-OH is 4. The molecule has 1 aromatic heterocycles. The number of aromatic hydroxyl groups is 1. The van der Waals surface area contributed by atoms with Gasteiger partial charge in [0.2, 0.25) is 28.6 Å². The van der Waals surface area contributed by atoms with E-state index in [0.717, 1.165) is 10.5 Å². The van der Waals surface area contributed by atoms with Crippen molar-refractivity contribution in [1.29, 1.82) is 0 Å². The number of carbonyl (C=O) groups excluding carboxylic acids is 7. The number of unbranched alkanes of at least 4 members (excludes halogenated alkanes) is 2. The molecule has 0 saturated carbocycles. The number of carbonyl (C=O) groups is 7. The normalized spacial score (nSPS) is 25.2. The molecule has 4 aliphatic rings. The molecular formula is C75H97N10O18+. The maximum atomic E-state index is 15.2. The molecule has 1 fully saturated rings. The molecule has 1 saturated heterocycles. The number of nitrogens with zero attached hydrogens (tertiary/aromatic N) is 4. The van der Waals surface area contributed by atoms with Gasteiger partial charge >= 0.3 is 11.8 Å². The number of primary amides is 1. The number of hydrogen-bond donors (Lipinski definition) is 11. The Labute approximate surface area is 596 Å². The third kappa shape index (κ3) is 17.0. The number of urea groups is 1. The monoisotopic (exact) mass is 1430 g/mol.